The van der Waals surface area contributed by atoms with E-state index in [1.54, 1.807) is 46.3 Å². The molecule has 3 rings (SSSR count). The average molecular weight is 567 g/mol. The molecule has 8 nitrogen and oxygen atoms in total. The minimum absolute atomic E-state index is 0.0273. The Kier molecular flexibility index (Phi) is 10.7. The SMILES string of the molecule is CCCCCCCN(Cc1ccc(C(C)(C)C)cc1)C(Nc1ccc(OC)cc1OC)=C1C(=O)OC(C)(C)OC1=O. The van der Waals surface area contributed by atoms with Crippen LogP contribution in [-0.2, 0) is 31.0 Å². The number of hydrogen-bond donors (Lipinski definition) is 1. The van der Waals surface area contributed by atoms with Crippen LogP contribution in [0.4, 0.5) is 5.69 Å². The molecule has 2 aromatic rings. The largest absolute Gasteiger partial charge is 0.497 e. The lowest BCUT2D eigenvalue weighted by atomic mass is 9.87. The summed E-state index contributed by atoms with van der Waals surface area (Å²) in [4.78, 5) is 28.7. The fourth-order valence-corrected chi connectivity index (χ4v) is 4.68. The van der Waals surface area contributed by atoms with Crippen molar-refractivity contribution in [3.05, 3.63) is 65.0 Å². The zero-order chi connectivity index (χ0) is 30.2. The second-order valence-corrected chi connectivity index (χ2v) is 11.9. The van der Waals surface area contributed by atoms with Gasteiger partial charge in [0.05, 0.1) is 19.9 Å². The fourth-order valence-electron chi connectivity index (χ4n) is 4.68. The predicted octanol–water partition coefficient (Wildman–Crippen LogP) is 6.93. The summed E-state index contributed by atoms with van der Waals surface area (Å²) in [5.74, 6) is -1.40. The zero-order valence-electron chi connectivity index (χ0n) is 25.9. The summed E-state index contributed by atoms with van der Waals surface area (Å²) in [6.07, 6.45) is 5.34. The highest BCUT2D eigenvalue weighted by Gasteiger charge is 2.42. The Morgan fingerprint density at radius 3 is 2.10 bits per heavy atom. The predicted molar refractivity (Wildman–Crippen MR) is 161 cm³/mol. The second kappa shape index (κ2) is 13.8. The summed E-state index contributed by atoms with van der Waals surface area (Å²) in [7, 11) is 3.14. The van der Waals surface area contributed by atoms with Crippen molar-refractivity contribution in [2.75, 3.05) is 26.1 Å². The number of hydrogen-bond acceptors (Lipinski definition) is 8. The van der Waals surface area contributed by atoms with Crippen LogP contribution in [0, 0.1) is 0 Å². The summed E-state index contributed by atoms with van der Waals surface area (Å²) in [5.41, 5.74) is 2.70. The minimum Gasteiger partial charge on any atom is -0.497 e. The van der Waals surface area contributed by atoms with Crippen LogP contribution in [-0.4, -0.2) is 43.4 Å². The third-order valence-corrected chi connectivity index (χ3v) is 7.03. The topological polar surface area (TPSA) is 86.3 Å². The van der Waals surface area contributed by atoms with Crippen molar-refractivity contribution in [1.82, 2.24) is 4.90 Å². The minimum atomic E-state index is -1.35. The molecule has 0 aliphatic carbocycles. The van der Waals surface area contributed by atoms with Gasteiger partial charge in [0.2, 0.25) is 0 Å². The van der Waals surface area contributed by atoms with E-state index in [0.29, 0.717) is 36.1 Å². The third kappa shape index (κ3) is 8.65. The van der Waals surface area contributed by atoms with Crippen LogP contribution >= 0.6 is 0 Å². The number of nitrogens with one attached hydrogen (secondary N) is 1. The number of carbonyl (C=O) groups is 2. The number of rotatable bonds is 13. The van der Waals surface area contributed by atoms with E-state index >= 15 is 0 Å². The summed E-state index contributed by atoms with van der Waals surface area (Å²) in [5, 5.41) is 3.34. The Bertz CT molecular complexity index is 1210. The number of esters is 2. The summed E-state index contributed by atoms with van der Waals surface area (Å²) in [6.45, 7) is 12.9. The van der Waals surface area contributed by atoms with Gasteiger partial charge >= 0.3 is 11.9 Å². The molecule has 1 N–H and O–H groups in total. The highest BCUT2D eigenvalue weighted by atomic mass is 16.7. The van der Waals surface area contributed by atoms with Gasteiger partial charge in [-0.25, -0.2) is 9.59 Å². The Balaban J connectivity index is 2.09. The van der Waals surface area contributed by atoms with Gasteiger partial charge in [0, 0.05) is 33.0 Å². The lowest BCUT2D eigenvalue weighted by Gasteiger charge is -2.34. The monoisotopic (exact) mass is 566 g/mol. The summed E-state index contributed by atoms with van der Waals surface area (Å²) >= 11 is 0. The van der Waals surface area contributed by atoms with Gasteiger partial charge in [0.25, 0.3) is 5.79 Å². The maximum absolute atomic E-state index is 13.3. The molecule has 0 aromatic heterocycles. The Morgan fingerprint density at radius 1 is 0.902 bits per heavy atom. The first-order valence-corrected chi connectivity index (χ1v) is 14.4. The molecule has 1 aliphatic rings. The van der Waals surface area contributed by atoms with Crippen LogP contribution in [0.3, 0.4) is 0 Å². The third-order valence-electron chi connectivity index (χ3n) is 7.03. The van der Waals surface area contributed by atoms with E-state index in [4.69, 9.17) is 18.9 Å². The molecule has 0 amide bonds. The van der Waals surface area contributed by atoms with Gasteiger partial charge < -0.3 is 29.2 Å². The van der Waals surface area contributed by atoms with Crippen molar-refractivity contribution in [3.63, 3.8) is 0 Å². The lowest BCUT2D eigenvalue weighted by Crippen LogP contribution is -2.44. The number of cyclic esters (lactones) is 2. The Labute approximate surface area is 245 Å². The molecular weight excluding hydrogens is 520 g/mol. The number of ether oxygens (including phenoxy) is 4. The number of nitrogens with zero attached hydrogens (tertiary/aromatic N) is 1. The van der Waals surface area contributed by atoms with Gasteiger partial charge in [-0.3, -0.25) is 0 Å². The number of methoxy groups -OCH3 is 2. The summed E-state index contributed by atoms with van der Waals surface area (Å²) in [6, 6.07) is 13.8. The van der Waals surface area contributed by atoms with E-state index in [9.17, 15) is 9.59 Å². The lowest BCUT2D eigenvalue weighted by molar-refractivity contribution is -0.222. The molecule has 1 fully saturated rings. The molecule has 224 valence electrons. The molecule has 0 unspecified atom stereocenters. The summed E-state index contributed by atoms with van der Waals surface area (Å²) < 4.78 is 22.0. The van der Waals surface area contributed by atoms with Gasteiger partial charge in [-0.05, 0) is 35.1 Å². The van der Waals surface area contributed by atoms with Crippen LogP contribution in [0.25, 0.3) is 0 Å². The van der Waals surface area contributed by atoms with E-state index < -0.39 is 17.7 Å². The van der Waals surface area contributed by atoms with Crippen LogP contribution in [0.2, 0.25) is 0 Å². The average Bonchev–Trinajstić information content (AvgIpc) is 2.90. The Hall–Kier alpha value is -3.68. The molecular formula is C33H46N2O6. The van der Waals surface area contributed by atoms with E-state index in [0.717, 1.165) is 37.7 Å². The van der Waals surface area contributed by atoms with E-state index in [2.05, 4.69) is 57.3 Å². The maximum Gasteiger partial charge on any atom is 0.352 e. The van der Waals surface area contributed by atoms with Crippen molar-refractivity contribution in [2.24, 2.45) is 0 Å². The molecule has 1 saturated heterocycles. The van der Waals surface area contributed by atoms with Crippen molar-refractivity contribution in [3.8, 4) is 11.5 Å². The quantitative estimate of drug-likeness (QED) is 0.121. The first-order valence-electron chi connectivity index (χ1n) is 14.4. The first kappa shape index (κ1) is 31.8. The zero-order valence-corrected chi connectivity index (χ0v) is 25.9. The molecule has 0 radical (unpaired) electrons. The highest BCUT2D eigenvalue weighted by molar-refractivity contribution is 6.16. The molecule has 41 heavy (non-hydrogen) atoms. The van der Waals surface area contributed by atoms with Gasteiger partial charge in [-0.15, -0.1) is 0 Å². The van der Waals surface area contributed by atoms with Crippen molar-refractivity contribution in [2.45, 2.75) is 91.4 Å². The van der Waals surface area contributed by atoms with Gasteiger partial charge in [0.1, 0.15) is 17.3 Å². The van der Waals surface area contributed by atoms with Crippen molar-refractivity contribution >= 4 is 17.6 Å². The molecule has 2 aromatic carbocycles. The standard InChI is InChI=1S/C33H46N2O6/c1-9-10-11-12-13-20-35(22-23-14-16-24(17-15-23)32(2,3)4)29(28-30(36)40-33(5,6)41-31(28)37)34-26-19-18-25(38-7)21-27(26)39-8/h14-19,21,34H,9-13,20,22H2,1-8H3. The number of carbonyl (C=O) groups excluding carboxylic acids is 2. The molecule has 1 heterocycles. The fraction of sp³-hybridized carbons (Fsp3) is 0.515. The van der Waals surface area contributed by atoms with Gasteiger partial charge in [-0.2, -0.15) is 0 Å². The number of unbranched alkanes of at least 4 members (excludes halogenated alkanes) is 4. The first-order chi connectivity index (χ1) is 19.4. The number of benzene rings is 2. The molecule has 0 bridgehead atoms. The van der Waals surface area contributed by atoms with Crippen molar-refractivity contribution in [1.29, 1.82) is 0 Å². The molecule has 0 atom stereocenters. The van der Waals surface area contributed by atoms with Crippen LogP contribution in [0.15, 0.2) is 53.9 Å². The number of anilines is 1. The van der Waals surface area contributed by atoms with Crippen LogP contribution in [0.1, 0.15) is 84.8 Å². The van der Waals surface area contributed by atoms with Crippen LogP contribution < -0.4 is 14.8 Å². The smallest absolute Gasteiger partial charge is 0.352 e. The van der Waals surface area contributed by atoms with Crippen molar-refractivity contribution < 1.29 is 28.5 Å². The van der Waals surface area contributed by atoms with E-state index in [1.807, 2.05) is 4.90 Å². The van der Waals surface area contributed by atoms with E-state index in [-0.39, 0.29) is 11.0 Å². The Morgan fingerprint density at radius 2 is 1.54 bits per heavy atom. The maximum atomic E-state index is 13.3. The highest BCUT2D eigenvalue weighted by Crippen LogP contribution is 2.34. The van der Waals surface area contributed by atoms with Gasteiger partial charge in [-0.1, -0.05) is 77.6 Å². The van der Waals surface area contributed by atoms with E-state index in [1.165, 1.54) is 5.56 Å². The van der Waals surface area contributed by atoms with Gasteiger partial charge in [0.15, 0.2) is 5.57 Å². The van der Waals surface area contributed by atoms with Crippen LogP contribution in [0.5, 0.6) is 11.5 Å². The normalized spacial score (nSPS) is 14.7. The molecule has 1 aliphatic heterocycles. The molecule has 0 saturated carbocycles. The second-order valence-electron chi connectivity index (χ2n) is 11.9. The molecule has 0 spiro atoms. The molecule has 8 heteroatoms.